The summed E-state index contributed by atoms with van der Waals surface area (Å²) in [5.74, 6) is 4.11. The molecule has 0 bridgehead atoms. The highest BCUT2D eigenvalue weighted by atomic mass is 15.1. The average molecular weight is 287 g/mol. The standard InChI is InChI=1S/C18H29N3/c1-13-3-2-4-14(11-13)8-10-21-17-7-9-19-12-16(17)20-18(21)15-5-6-15/h13-15,19H,2-12H2,1H3. The molecule has 1 aromatic rings. The van der Waals surface area contributed by atoms with Crippen molar-refractivity contribution in [2.24, 2.45) is 11.8 Å². The van der Waals surface area contributed by atoms with Crippen LogP contribution in [0.4, 0.5) is 0 Å². The molecule has 0 spiro atoms. The normalized spacial score (nSPS) is 29.4. The van der Waals surface area contributed by atoms with Crippen LogP contribution in [0.15, 0.2) is 0 Å². The first-order valence-electron chi connectivity index (χ1n) is 9.10. The second-order valence-electron chi connectivity index (χ2n) is 7.64. The predicted molar refractivity (Wildman–Crippen MR) is 85.4 cm³/mol. The molecule has 2 aliphatic carbocycles. The fourth-order valence-electron chi connectivity index (χ4n) is 4.43. The first-order chi connectivity index (χ1) is 10.3. The number of hydrogen-bond acceptors (Lipinski definition) is 2. The molecule has 3 aliphatic rings. The maximum atomic E-state index is 4.99. The third-order valence-electron chi connectivity index (χ3n) is 5.76. The summed E-state index contributed by atoms with van der Waals surface area (Å²) in [5, 5.41) is 3.48. The van der Waals surface area contributed by atoms with Crippen molar-refractivity contribution in [1.29, 1.82) is 0 Å². The van der Waals surface area contributed by atoms with Crippen molar-refractivity contribution in [2.45, 2.75) is 77.3 Å². The topological polar surface area (TPSA) is 29.9 Å². The molecule has 1 N–H and O–H groups in total. The second kappa shape index (κ2) is 5.75. The Labute approximate surface area is 128 Å². The molecule has 0 aromatic carbocycles. The zero-order valence-electron chi connectivity index (χ0n) is 13.4. The summed E-state index contributed by atoms with van der Waals surface area (Å²) in [6, 6.07) is 0. The van der Waals surface area contributed by atoms with E-state index in [9.17, 15) is 0 Å². The summed E-state index contributed by atoms with van der Waals surface area (Å²) in [6.07, 6.45) is 11.1. The Morgan fingerprint density at radius 1 is 1.24 bits per heavy atom. The molecule has 21 heavy (non-hydrogen) atoms. The summed E-state index contributed by atoms with van der Waals surface area (Å²) in [7, 11) is 0. The monoisotopic (exact) mass is 287 g/mol. The van der Waals surface area contributed by atoms with Gasteiger partial charge in [0.25, 0.3) is 0 Å². The number of nitrogens with zero attached hydrogens (tertiary/aromatic N) is 2. The molecule has 2 saturated carbocycles. The van der Waals surface area contributed by atoms with Crippen molar-refractivity contribution in [3.63, 3.8) is 0 Å². The molecular formula is C18H29N3. The minimum atomic E-state index is 0.779. The zero-order chi connectivity index (χ0) is 14.2. The quantitative estimate of drug-likeness (QED) is 0.916. The van der Waals surface area contributed by atoms with Gasteiger partial charge in [-0.1, -0.05) is 26.2 Å². The number of aromatic nitrogens is 2. The van der Waals surface area contributed by atoms with E-state index in [2.05, 4.69) is 16.8 Å². The van der Waals surface area contributed by atoms with E-state index >= 15 is 0 Å². The van der Waals surface area contributed by atoms with Crippen LogP contribution in [0.5, 0.6) is 0 Å². The molecule has 3 nitrogen and oxygen atoms in total. The molecule has 2 fully saturated rings. The lowest BCUT2D eigenvalue weighted by atomic mass is 9.81. The third kappa shape index (κ3) is 2.90. The fourth-order valence-corrected chi connectivity index (χ4v) is 4.43. The van der Waals surface area contributed by atoms with E-state index in [1.165, 1.54) is 69.4 Å². The minimum absolute atomic E-state index is 0.779. The smallest absolute Gasteiger partial charge is 0.112 e. The number of rotatable bonds is 4. The van der Waals surface area contributed by atoms with E-state index < -0.39 is 0 Å². The van der Waals surface area contributed by atoms with Crippen LogP contribution < -0.4 is 5.32 Å². The van der Waals surface area contributed by atoms with Gasteiger partial charge in [0.05, 0.1) is 5.69 Å². The van der Waals surface area contributed by atoms with Gasteiger partial charge >= 0.3 is 0 Å². The Bertz CT molecular complexity index is 501. The highest BCUT2D eigenvalue weighted by Crippen LogP contribution is 2.41. The number of nitrogens with one attached hydrogen (secondary N) is 1. The Balaban J connectivity index is 1.49. The van der Waals surface area contributed by atoms with Crippen LogP contribution in [0, 0.1) is 11.8 Å². The molecule has 2 atom stereocenters. The maximum absolute atomic E-state index is 4.99. The van der Waals surface area contributed by atoms with Crippen molar-refractivity contribution in [2.75, 3.05) is 6.54 Å². The molecule has 3 heteroatoms. The van der Waals surface area contributed by atoms with Gasteiger partial charge < -0.3 is 9.88 Å². The van der Waals surface area contributed by atoms with Gasteiger partial charge in [0.1, 0.15) is 5.82 Å². The van der Waals surface area contributed by atoms with Gasteiger partial charge in [0.15, 0.2) is 0 Å². The van der Waals surface area contributed by atoms with Crippen molar-refractivity contribution < 1.29 is 0 Å². The van der Waals surface area contributed by atoms with Crippen LogP contribution in [-0.4, -0.2) is 16.1 Å². The average Bonchev–Trinajstić information content (AvgIpc) is 3.27. The Morgan fingerprint density at radius 2 is 2.14 bits per heavy atom. The van der Waals surface area contributed by atoms with Crippen molar-refractivity contribution in [1.82, 2.24) is 14.9 Å². The molecule has 0 radical (unpaired) electrons. The third-order valence-corrected chi connectivity index (χ3v) is 5.76. The first-order valence-corrected chi connectivity index (χ1v) is 9.10. The van der Waals surface area contributed by atoms with E-state index in [1.54, 1.807) is 5.69 Å². The lowest BCUT2D eigenvalue weighted by Crippen LogP contribution is -2.25. The van der Waals surface area contributed by atoms with Gasteiger partial charge in [-0.25, -0.2) is 4.98 Å². The van der Waals surface area contributed by atoms with E-state index in [-0.39, 0.29) is 0 Å². The van der Waals surface area contributed by atoms with Crippen molar-refractivity contribution >= 4 is 0 Å². The molecule has 2 unspecified atom stereocenters. The van der Waals surface area contributed by atoms with Crippen LogP contribution in [0.1, 0.15) is 75.0 Å². The molecule has 4 rings (SSSR count). The number of imidazole rings is 1. The van der Waals surface area contributed by atoms with E-state index in [0.717, 1.165) is 30.8 Å². The summed E-state index contributed by atoms with van der Waals surface area (Å²) in [5.41, 5.74) is 2.90. The Morgan fingerprint density at radius 3 is 2.95 bits per heavy atom. The van der Waals surface area contributed by atoms with Crippen LogP contribution in [0.25, 0.3) is 0 Å². The van der Waals surface area contributed by atoms with E-state index in [1.807, 2.05) is 0 Å². The zero-order valence-corrected chi connectivity index (χ0v) is 13.4. The van der Waals surface area contributed by atoms with E-state index in [4.69, 9.17) is 4.98 Å². The summed E-state index contributed by atoms with van der Waals surface area (Å²) in [4.78, 5) is 4.99. The molecule has 0 saturated heterocycles. The van der Waals surface area contributed by atoms with E-state index in [0.29, 0.717) is 0 Å². The molecule has 116 valence electrons. The van der Waals surface area contributed by atoms with Gasteiger partial charge in [0, 0.05) is 37.7 Å². The van der Waals surface area contributed by atoms with Gasteiger partial charge in [0.2, 0.25) is 0 Å². The highest BCUT2D eigenvalue weighted by Gasteiger charge is 2.32. The molecule has 1 aliphatic heterocycles. The molecule has 0 amide bonds. The SMILES string of the molecule is CC1CCCC(CCn2c(C3CC3)nc3c2CCNC3)C1. The lowest BCUT2D eigenvalue weighted by Gasteiger charge is -2.27. The molecule has 2 heterocycles. The fraction of sp³-hybridized carbons (Fsp3) is 0.833. The maximum Gasteiger partial charge on any atom is 0.112 e. The van der Waals surface area contributed by atoms with Crippen LogP contribution >= 0.6 is 0 Å². The summed E-state index contributed by atoms with van der Waals surface area (Å²) in [6.45, 7) is 5.78. The van der Waals surface area contributed by atoms with Gasteiger partial charge in [-0.05, 0) is 37.5 Å². The summed E-state index contributed by atoms with van der Waals surface area (Å²) < 4.78 is 2.63. The largest absolute Gasteiger partial charge is 0.331 e. The Hall–Kier alpha value is -0.830. The molecular weight excluding hydrogens is 258 g/mol. The Kier molecular flexibility index (Phi) is 3.78. The van der Waals surface area contributed by atoms with Crippen LogP contribution in [0.3, 0.4) is 0 Å². The van der Waals surface area contributed by atoms with Crippen molar-refractivity contribution in [3.8, 4) is 0 Å². The number of hydrogen-bond donors (Lipinski definition) is 1. The predicted octanol–water partition coefficient (Wildman–Crippen LogP) is 3.62. The van der Waals surface area contributed by atoms with Gasteiger partial charge in [-0.3, -0.25) is 0 Å². The lowest BCUT2D eigenvalue weighted by molar-refractivity contribution is 0.259. The first kappa shape index (κ1) is 13.8. The van der Waals surface area contributed by atoms with Gasteiger partial charge in [-0.2, -0.15) is 0 Å². The van der Waals surface area contributed by atoms with Gasteiger partial charge in [-0.15, -0.1) is 0 Å². The van der Waals surface area contributed by atoms with Crippen molar-refractivity contribution in [3.05, 3.63) is 17.2 Å². The minimum Gasteiger partial charge on any atom is -0.331 e. The second-order valence-corrected chi connectivity index (χ2v) is 7.64. The molecule has 1 aromatic heterocycles. The number of fused-ring (bicyclic) bond motifs is 1. The summed E-state index contributed by atoms with van der Waals surface area (Å²) >= 11 is 0. The highest BCUT2D eigenvalue weighted by molar-refractivity contribution is 5.24. The van der Waals surface area contributed by atoms with Crippen LogP contribution in [0.2, 0.25) is 0 Å². The van der Waals surface area contributed by atoms with Crippen LogP contribution in [-0.2, 0) is 19.5 Å².